The third kappa shape index (κ3) is 8.37. The fourth-order valence-electron chi connectivity index (χ4n) is 3.24. The minimum Gasteiger partial charge on any atom is -0.396 e. The maximum absolute atomic E-state index is 13.0. The second kappa shape index (κ2) is 13.8. The van der Waals surface area contributed by atoms with Gasteiger partial charge in [0.25, 0.3) is 0 Å². The van der Waals surface area contributed by atoms with Gasteiger partial charge in [-0.15, -0.1) is 24.0 Å². The Labute approximate surface area is 209 Å². The Kier molecular flexibility index (Phi) is 12.2. The van der Waals surface area contributed by atoms with Crippen LogP contribution in [0.3, 0.4) is 0 Å². The number of nitrogens with one attached hydrogen (secondary N) is 2. The number of halogens is 1. The molecule has 2 aromatic rings. The topological polar surface area (TPSA) is 90.8 Å². The molecular weight excluding hydrogens is 537 g/mol. The van der Waals surface area contributed by atoms with Gasteiger partial charge in [0.2, 0.25) is 0 Å². The summed E-state index contributed by atoms with van der Waals surface area (Å²) in [7, 11) is -3.44. The molecule has 0 spiro atoms. The maximum Gasteiger partial charge on any atom is 0.191 e. The van der Waals surface area contributed by atoms with E-state index in [9.17, 15) is 13.5 Å². The van der Waals surface area contributed by atoms with Crippen LogP contribution in [0, 0.1) is 13.8 Å². The van der Waals surface area contributed by atoms with E-state index in [0.717, 1.165) is 16.7 Å². The van der Waals surface area contributed by atoms with E-state index in [1.54, 1.807) is 12.1 Å². The molecular formula is C24H36IN3O3S. The molecule has 0 aliphatic rings. The highest BCUT2D eigenvalue weighted by molar-refractivity contribution is 14.0. The number of hydrogen-bond acceptors (Lipinski definition) is 4. The summed E-state index contributed by atoms with van der Waals surface area (Å²) in [5, 5.41) is 16.2. The van der Waals surface area contributed by atoms with E-state index in [4.69, 9.17) is 0 Å². The highest BCUT2D eigenvalue weighted by atomic mass is 127. The van der Waals surface area contributed by atoms with Gasteiger partial charge in [-0.3, -0.25) is 4.99 Å². The molecule has 3 N–H and O–H groups in total. The minimum atomic E-state index is -3.44. The van der Waals surface area contributed by atoms with Crippen LogP contribution in [0.15, 0.2) is 58.4 Å². The smallest absolute Gasteiger partial charge is 0.191 e. The van der Waals surface area contributed by atoms with E-state index >= 15 is 0 Å². The second-order valence-corrected chi connectivity index (χ2v) is 9.82. The normalized spacial score (nSPS) is 13.7. The zero-order valence-electron chi connectivity index (χ0n) is 19.3. The summed E-state index contributed by atoms with van der Waals surface area (Å²) in [5.41, 5.74) is 3.06. The highest BCUT2D eigenvalue weighted by Crippen LogP contribution is 2.18. The van der Waals surface area contributed by atoms with Gasteiger partial charge >= 0.3 is 0 Å². The van der Waals surface area contributed by atoms with Crippen molar-refractivity contribution in [2.75, 3.05) is 25.4 Å². The maximum atomic E-state index is 13.0. The van der Waals surface area contributed by atoms with Crippen LogP contribution in [0.25, 0.3) is 0 Å². The minimum absolute atomic E-state index is 0. The van der Waals surface area contributed by atoms with Gasteiger partial charge in [-0.25, -0.2) is 8.42 Å². The van der Waals surface area contributed by atoms with E-state index in [-0.39, 0.29) is 48.3 Å². The van der Waals surface area contributed by atoms with Crippen molar-refractivity contribution in [1.82, 2.24) is 10.6 Å². The summed E-state index contributed by atoms with van der Waals surface area (Å²) in [6, 6.07) is 14.7. The summed E-state index contributed by atoms with van der Waals surface area (Å²) >= 11 is 0. The SMILES string of the molecule is CCNC(=NCC(CO)c1ccccc1)NC(CC)CS(=O)(=O)c1ccc(C)c(C)c1.I. The second-order valence-electron chi connectivity index (χ2n) is 7.79. The molecule has 0 aliphatic heterocycles. The molecule has 32 heavy (non-hydrogen) atoms. The predicted molar refractivity (Wildman–Crippen MR) is 143 cm³/mol. The number of guanidine groups is 1. The van der Waals surface area contributed by atoms with E-state index in [2.05, 4.69) is 15.6 Å². The summed E-state index contributed by atoms with van der Waals surface area (Å²) in [6.45, 7) is 8.85. The van der Waals surface area contributed by atoms with E-state index < -0.39 is 9.84 Å². The van der Waals surface area contributed by atoms with Crippen molar-refractivity contribution in [3.05, 3.63) is 65.2 Å². The van der Waals surface area contributed by atoms with Gasteiger partial charge in [0, 0.05) is 18.5 Å². The third-order valence-electron chi connectivity index (χ3n) is 5.40. The van der Waals surface area contributed by atoms with E-state index in [0.29, 0.717) is 30.4 Å². The Balaban J connectivity index is 0.00000512. The lowest BCUT2D eigenvalue weighted by molar-refractivity contribution is 0.268. The monoisotopic (exact) mass is 573 g/mol. The molecule has 2 aromatic carbocycles. The van der Waals surface area contributed by atoms with Crippen LogP contribution in [0.1, 0.15) is 42.9 Å². The lowest BCUT2D eigenvalue weighted by Gasteiger charge is -2.21. The van der Waals surface area contributed by atoms with Crippen LogP contribution < -0.4 is 10.6 Å². The first-order chi connectivity index (χ1) is 14.8. The van der Waals surface area contributed by atoms with Gasteiger partial charge in [-0.05, 0) is 56.0 Å². The third-order valence-corrected chi connectivity index (χ3v) is 7.21. The van der Waals surface area contributed by atoms with Crippen molar-refractivity contribution in [2.45, 2.75) is 51.0 Å². The summed E-state index contributed by atoms with van der Waals surface area (Å²) in [4.78, 5) is 4.97. The standard InChI is InChI=1S/C24H35N3O3S.HI/c1-5-22(17-31(29,30)23-13-12-18(3)19(4)14-23)27-24(25-6-2)26-15-21(16-28)20-10-8-7-9-11-20;/h7-14,21-22,28H,5-6,15-17H2,1-4H3,(H2,25,26,27);1H. The van der Waals surface area contributed by atoms with Crippen molar-refractivity contribution in [2.24, 2.45) is 4.99 Å². The number of benzene rings is 2. The Hall–Kier alpha value is -1.65. The van der Waals surface area contributed by atoms with Gasteiger partial charge in [0.1, 0.15) is 0 Å². The van der Waals surface area contributed by atoms with Crippen molar-refractivity contribution >= 4 is 39.8 Å². The summed E-state index contributed by atoms with van der Waals surface area (Å²) in [6.07, 6.45) is 0.636. The number of aliphatic imine (C=N–C) groups is 1. The number of sulfone groups is 1. The average Bonchev–Trinajstić information content (AvgIpc) is 2.76. The van der Waals surface area contributed by atoms with Gasteiger partial charge in [0.15, 0.2) is 15.8 Å². The van der Waals surface area contributed by atoms with Gasteiger partial charge < -0.3 is 15.7 Å². The van der Waals surface area contributed by atoms with Crippen LogP contribution in [0.2, 0.25) is 0 Å². The largest absolute Gasteiger partial charge is 0.396 e. The molecule has 8 heteroatoms. The van der Waals surface area contributed by atoms with Crippen LogP contribution >= 0.6 is 24.0 Å². The van der Waals surface area contributed by atoms with E-state index in [1.807, 2.05) is 64.1 Å². The first-order valence-electron chi connectivity index (χ1n) is 10.8. The molecule has 2 rings (SSSR count). The fraction of sp³-hybridized carbons (Fsp3) is 0.458. The molecule has 0 saturated carbocycles. The molecule has 6 nitrogen and oxygen atoms in total. The Morgan fingerprint density at radius 1 is 1.06 bits per heavy atom. The number of nitrogens with zero attached hydrogens (tertiary/aromatic N) is 1. The van der Waals surface area contributed by atoms with Gasteiger partial charge in [0.05, 0.1) is 23.8 Å². The molecule has 178 valence electrons. The number of hydrogen-bond donors (Lipinski definition) is 3. The molecule has 2 atom stereocenters. The fourth-order valence-corrected chi connectivity index (χ4v) is 4.91. The van der Waals surface area contributed by atoms with Crippen molar-refractivity contribution < 1.29 is 13.5 Å². The summed E-state index contributed by atoms with van der Waals surface area (Å²) in [5.74, 6) is 0.424. The Morgan fingerprint density at radius 3 is 2.31 bits per heavy atom. The number of aliphatic hydroxyl groups excluding tert-OH is 1. The lowest BCUT2D eigenvalue weighted by Crippen LogP contribution is -2.46. The van der Waals surface area contributed by atoms with Crippen LogP contribution in [0.4, 0.5) is 0 Å². The zero-order valence-corrected chi connectivity index (χ0v) is 22.5. The van der Waals surface area contributed by atoms with Crippen molar-refractivity contribution in [3.63, 3.8) is 0 Å². The lowest BCUT2D eigenvalue weighted by atomic mass is 10.0. The van der Waals surface area contributed by atoms with Crippen LogP contribution in [-0.2, 0) is 9.84 Å². The molecule has 0 fully saturated rings. The Bertz CT molecular complexity index is 966. The molecule has 0 aromatic heterocycles. The number of rotatable bonds is 10. The average molecular weight is 574 g/mol. The molecule has 0 radical (unpaired) electrons. The molecule has 0 heterocycles. The van der Waals surface area contributed by atoms with Crippen molar-refractivity contribution in [1.29, 1.82) is 0 Å². The Morgan fingerprint density at radius 2 is 1.75 bits per heavy atom. The number of aryl methyl sites for hydroxylation is 2. The van der Waals surface area contributed by atoms with Gasteiger partial charge in [-0.2, -0.15) is 0 Å². The van der Waals surface area contributed by atoms with E-state index in [1.165, 1.54) is 0 Å². The highest BCUT2D eigenvalue weighted by Gasteiger charge is 2.22. The molecule has 0 saturated heterocycles. The van der Waals surface area contributed by atoms with Crippen LogP contribution in [0.5, 0.6) is 0 Å². The summed E-state index contributed by atoms with van der Waals surface area (Å²) < 4.78 is 25.9. The predicted octanol–water partition coefficient (Wildman–Crippen LogP) is 3.80. The first-order valence-corrected chi connectivity index (χ1v) is 12.5. The molecule has 0 aliphatic carbocycles. The zero-order chi connectivity index (χ0) is 22.9. The van der Waals surface area contributed by atoms with Gasteiger partial charge in [-0.1, -0.05) is 43.3 Å². The van der Waals surface area contributed by atoms with Crippen LogP contribution in [-0.4, -0.2) is 51.0 Å². The molecule has 0 bridgehead atoms. The number of aliphatic hydroxyl groups is 1. The molecule has 2 unspecified atom stereocenters. The quantitative estimate of drug-likeness (QED) is 0.229. The molecule has 0 amide bonds. The first kappa shape index (κ1) is 28.4. The van der Waals surface area contributed by atoms with Crippen molar-refractivity contribution in [3.8, 4) is 0 Å².